The zero-order chi connectivity index (χ0) is 14.6. The first-order chi connectivity index (χ1) is 9.61. The number of halogens is 1. The molecular formula is C15H21BrN2O2. The van der Waals surface area contributed by atoms with Crippen molar-refractivity contribution in [3.8, 4) is 5.75 Å². The molecular weight excluding hydrogens is 320 g/mol. The molecule has 5 heteroatoms. The van der Waals surface area contributed by atoms with Crippen LogP contribution in [0.4, 0.5) is 5.69 Å². The molecule has 0 aromatic heterocycles. The van der Waals surface area contributed by atoms with E-state index < -0.39 is 0 Å². The van der Waals surface area contributed by atoms with Crippen LogP contribution in [0.5, 0.6) is 5.75 Å². The Balaban J connectivity index is 2.18. The molecule has 1 saturated heterocycles. The fraction of sp³-hybridized carbons (Fsp3) is 0.533. The maximum Gasteiger partial charge on any atom is 0.231 e. The lowest BCUT2D eigenvalue weighted by Gasteiger charge is -2.35. The van der Waals surface area contributed by atoms with Gasteiger partial charge in [0.15, 0.2) is 0 Å². The van der Waals surface area contributed by atoms with Gasteiger partial charge in [0.25, 0.3) is 0 Å². The SMILES string of the molecule is CCC1(C(=O)Nc2cc(OC)ccc2Br)CCCNC1. The van der Waals surface area contributed by atoms with Crippen molar-refractivity contribution in [3.63, 3.8) is 0 Å². The average molecular weight is 341 g/mol. The van der Waals surface area contributed by atoms with E-state index in [0.29, 0.717) is 0 Å². The van der Waals surface area contributed by atoms with Gasteiger partial charge in [-0.15, -0.1) is 0 Å². The Morgan fingerprint density at radius 3 is 2.95 bits per heavy atom. The number of hydrogen-bond donors (Lipinski definition) is 2. The van der Waals surface area contributed by atoms with Crippen LogP contribution in [0.3, 0.4) is 0 Å². The van der Waals surface area contributed by atoms with Crippen LogP contribution < -0.4 is 15.4 Å². The van der Waals surface area contributed by atoms with Gasteiger partial charge in [0, 0.05) is 17.1 Å². The maximum absolute atomic E-state index is 12.7. The van der Waals surface area contributed by atoms with E-state index in [1.165, 1.54) is 0 Å². The van der Waals surface area contributed by atoms with Crippen molar-refractivity contribution in [1.29, 1.82) is 0 Å². The van der Waals surface area contributed by atoms with Crippen LogP contribution in [0.2, 0.25) is 0 Å². The summed E-state index contributed by atoms with van der Waals surface area (Å²) in [6, 6.07) is 5.57. The number of nitrogens with one attached hydrogen (secondary N) is 2. The predicted molar refractivity (Wildman–Crippen MR) is 84.2 cm³/mol. The van der Waals surface area contributed by atoms with Crippen molar-refractivity contribution in [1.82, 2.24) is 5.32 Å². The molecule has 0 bridgehead atoms. The van der Waals surface area contributed by atoms with E-state index in [-0.39, 0.29) is 11.3 Å². The second kappa shape index (κ2) is 6.59. The van der Waals surface area contributed by atoms with E-state index in [1.54, 1.807) is 7.11 Å². The van der Waals surface area contributed by atoms with E-state index >= 15 is 0 Å². The van der Waals surface area contributed by atoms with Crippen LogP contribution in [0.1, 0.15) is 26.2 Å². The first-order valence-electron chi connectivity index (χ1n) is 6.97. The molecule has 110 valence electrons. The molecule has 0 saturated carbocycles. The molecule has 1 atom stereocenters. The van der Waals surface area contributed by atoms with Gasteiger partial charge in [-0.05, 0) is 53.9 Å². The summed E-state index contributed by atoms with van der Waals surface area (Å²) in [5.41, 5.74) is 0.452. The average Bonchev–Trinajstić information content (AvgIpc) is 2.50. The number of rotatable bonds is 4. The maximum atomic E-state index is 12.7. The fourth-order valence-corrected chi connectivity index (χ4v) is 2.95. The number of piperidine rings is 1. The molecule has 20 heavy (non-hydrogen) atoms. The summed E-state index contributed by atoms with van der Waals surface area (Å²) in [5.74, 6) is 0.817. The minimum atomic E-state index is -0.305. The van der Waals surface area contributed by atoms with Crippen LogP contribution in [0.25, 0.3) is 0 Å². The van der Waals surface area contributed by atoms with Gasteiger partial charge in [-0.2, -0.15) is 0 Å². The van der Waals surface area contributed by atoms with Crippen LogP contribution in [-0.4, -0.2) is 26.1 Å². The van der Waals surface area contributed by atoms with Gasteiger partial charge in [0.2, 0.25) is 5.91 Å². The second-order valence-corrected chi connectivity index (χ2v) is 6.07. The lowest BCUT2D eigenvalue weighted by atomic mass is 9.77. The molecule has 2 N–H and O–H groups in total. The highest BCUT2D eigenvalue weighted by Gasteiger charge is 2.37. The second-order valence-electron chi connectivity index (χ2n) is 5.21. The molecule has 1 fully saturated rings. The minimum Gasteiger partial charge on any atom is -0.497 e. The summed E-state index contributed by atoms with van der Waals surface area (Å²) >= 11 is 3.47. The van der Waals surface area contributed by atoms with Crippen molar-refractivity contribution >= 4 is 27.5 Å². The third-order valence-electron chi connectivity index (χ3n) is 4.05. The fourth-order valence-electron chi connectivity index (χ4n) is 2.61. The number of ether oxygens (including phenoxy) is 1. The summed E-state index contributed by atoms with van der Waals surface area (Å²) < 4.78 is 6.07. The molecule has 1 heterocycles. The first kappa shape index (κ1) is 15.3. The summed E-state index contributed by atoms with van der Waals surface area (Å²) in [4.78, 5) is 12.7. The standard InChI is InChI=1S/C15H21BrN2O2/c1-3-15(7-4-8-17-10-15)14(19)18-13-9-11(20-2)5-6-12(13)16/h5-6,9,17H,3-4,7-8,10H2,1-2H3,(H,18,19). The Morgan fingerprint density at radius 2 is 2.35 bits per heavy atom. The van der Waals surface area contributed by atoms with Crippen molar-refractivity contribution in [2.45, 2.75) is 26.2 Å². The molecule has 1 aliphatic rings. The normalized spacial score (nSPS) is 22.4. The molecule has 0 radical (unpaired) electrons. The first-order valence-corrected chi connectivity index (χ1v) is 7.76. The van der Waals surface area contributed by atoms with E-state index in [0.717, 1.165) is 48.3 Å². The molecule has 2 rings (SSSR count). The Kier molecular flexibility index (Phi) is 5.05. The van der Waals surface area contributed by atoms with Gasteiger partial charge in [-0.3, -0.25) is 4.79 Å². The number of amides is 1. The van der Waals surface area contributed by atoms with Crippen LogP contribution in [0.15, 0.2) is 22.7 Å². The minimum absolute atomic E-state index is 0.0844. The van der Waals surface area contributed by atoms with E-state index in [4.69, 9.17) is 4.74 Å². The number of anilines is 1. The lowest BCUT2D eigenvalue weighted by molar-refractivity contribution is -0.126. The van der Waals surface area contributed by atoms with Crippen LogP contribution in [0, 0.1) is 5.41 Å². The van der Waals surface area contributed by atoms with Gasteiger partial charge < -0.3 is 15.4 Å². The predicted octanol–water partition coefficient (Wildman–Crippen LogP) is 3.18. The highest BCUT2D eigenvalue weighted by Crippen LogP contribution is 2.34. The Labute approximate surface area is 128 Å². The van der Waals surface area contributed by atoms with Crippen molar-refractivity contribution < 1.29 is 9.53 Å². The third-order valence-corrected chi connectivity index (χ3v) is 4.74. The largest absolute Gasteiger partial charge is 0.497 e. The molecule has 1 aliphatic heterocycles. The molecule has 4 nitrogen and oxygen atoms in total. The Morgan fingerprint density at radius 1 is 1.55 bits per heavy atom. The number of carbonyl (C=O) groups excluding carboxylic acids is 1. The topological polar surface area (TPSA) is 50.4 Å². The summed E-state index contributed by atoms with van der Waals surface area (Å²) in [6.45, 7) is 3.82. The molecule has 0 aliphatic carbocycles. The van der Waals surface area contributed by atoms with Gasteiger partial charge in [0.05, 0.1) is 18.2 Å². The lowest BCUT2D eigenvalue weighted by Crippen LogP contribution is -2.47. The van der Waals surface area contributed by atoms with E-state index in [2.05, 4.69) is 33.5 Å². The van der Waals surface area contributed by atoms with Crippen molar-refractivity contribution in [2.75, 3.05) is 25.5 Å². The third kappa shape index (κ3) is 3.15. The monoisotopic (exact) mass is 340 g/mol. The van der Waals surface area contributed by atoms with Gasteiger partial charge >= 0.3 is 0 Å². The van der Waals surface area contributed by atoms with Crippen molar-refractivity contribution in [2.24, 2.45) is 5.41 Å². The zero-order valence-corrected chi connectivity index (χ0v) is 13.5. The number of carbonyl (C=O) groups is 1. The summed E-state index contributed by atoms with van der Waals surface area (Å²) in [7, 11) is 1.62. The van der Waals surface area contributed by atoms with E-state index in [1.807, 2.05) is 18.2 Å². The van der Waals surface area contributed by atoms with Gasteiger partial charge in [-0.25, -0.2) is 0 Å². The molecule has 1 aromatic rings. The van der Waals surface area contributed by atoms with E-state index in [9.17, 15) is 4.79 Å². The zero-order valence-electron chi connectivity index (χ0n) is 12.0. The highest BCUT2D eigenvalue weighted by molar-refractivity contribution is 9.10. The summed E-state index contributed by atoms with van der Waals surface area (Å²) in [5, 5.41) is 6.37. The number of methoxy groups -OCH3 is 1. The number of benzene rings is 1. The smallest absolute Gasteiger partial charge is 0.231 e. The van der Waals surface area contributed by atoms with Crippen LogP contribution >= 0.6 is 15.9 Å². The number of hydrogen-bond acceptors (Lipinski definition) is 3. The Hall–Kier alpha value is -1.07. The molecule has 1 unspecified atom stereocenters. The van der Waals surface area contributed by atoms with Gasteiger partial charge in [0.1, 0.15) is 5.75 Å². The molecule has 0 spiro atoms. The highest BCUT2D eigenvalue weighted by atomic mass is 79.9. The Bertz CT molecular complexity index is 485. The van der Waals surface area contributed by atoms with Crippen molar-refractivity contribution in [3.05, 3.63) is 22.7 Å². The molecule has 1 amide bonds. The van der Waals surface area contributed by atoms with Crippen LogP contribution in [-0.2, 0) is 4.79 Å². The molecule has 1 aromatic carbocycles. The quantitative estimate of drug-likeness (QED) is 0.884. The summed E-state index contributed by atoms with van der Waals surface area (Å²) in [6.07, 6.45) is 2.82. The van der Waals surface area contributed by atoms with Gasteiger partial charge in [-0.1, -0.05) is 6.92 Å².